The first-order valence-electron chi connectivity index (χ1n) is 5.97. The summed E-state index contributed by atoms with van der Waals surface area (Å²) in [5.41, 5.74) is 1.04. The van der Waals surface area contributed by atoms with Gasteiger partial charge in [0.25, 0.3) is 0 Å². The van der Waals surface area contributed by atoms with E-state index in [1.165, 1.54) is 19.3 Å². The van der Waals surface area contributed by atoms with Crippen LogP contribution < -0.4 is 5.32 Å². The van der Waals surface area contributed by atoms with Crippen LogP contribution in [0.1, 0.15) is 51.5 Å². The van der Waals surface area contributed by atoms with Crippen molar-refractivity contribution in [2.75, 3.05) is 0 Å². The number of hydrogen-bond donors (Lipinski definition) is 1. The third-order valence-corrected chi connectivity index (χ3v) is 2.66. The number of nitrogens with zero attached hydrogens (tertiary/aromatic N) is 1. The molecule has 15 heavy (non-hydrogen) atoms. The molecule has 0 bridgehead atoms. The Morgan fingerprint density at radius 1 is 1.40 bits per heavy atom. The predicted octanol–water partition coefficient (Wildman–Crippen LogP) is 2.91. The molecule has 0 aliphatic heterocycles. The summed E-state index contributed by atoms with van der Waals surface area (Å²) in [7, 11) is 0. The molecule has 1 heterocycles. The summed E-state index contributed by atoms with van der Waals surface area (Å²) >= 11 is 0. The fourth-order valence-corrected chi connectivity index (χ4v) is 1.65. The van der Waals surface area contributed by atoms with Crippen molar-refractivity contribution in [2.24, 2.45) is 0 Å². The van der Waals surface area contributed by atoms with Gasteiger partial charge in [-0.05, 0) is 19.3 Å². The van der Waals surface area contributed by atoms with Crippen LogP contribution in [0, 0.1) is 0 Å². The minimum Gasteiger partial charge on any atom is -0.360 e. The summed E-state index contributed by atoms with van der Waals surface area (Å²) in [5, 5.41) is 7.46. The van der Waals surface area contributed by atoms with E-state index in [-0.39, 0.29) is 0 Å². The highest BCUT2D eigenvalue weighted by Crippen LogP contribution is 2.06. The Labute approximate surface area is 92.2 Å². The van der Waals surface area contributed by atoms with E-state index in [1.54, 1.807) is 0 Å². The van der Waals surface area contributed by atoms with Crippen LogP contribution in [0.3, 0.4) is 0 Å². The Balaban J connectivity index is 2.34. The Morgan fingerprint density at radius 3 is 2.73 bits per heavy atom. The van der Waals surface area contributed by atoms with E-state index in [0.29, 0.717) is 6.04 Å². The van der Waals surface area contributed by atoms with Crippen molar-refractivity contribution in [1.29, 1.82) is 0 Å². The van der Waals surface area contributed by atoms with Gasteiger partial charge < -0.3 is 9.84 Å². The van der Waals surface area contributed by atoms with E-state index in [1.807, 2.05) is 6.07 Å². The van der Waals surface area contributed by atoms with Crippen molar-refractivity contribution in [3.8, 4) is 0 Å². The Bertz CT molecular complexity index is 270. The lowest BCUT2D eigenvalue weighted by molar-refractivity contribution is 0.352. The van der Waals surface area contributed by atoms with Gasteiger partial charge in [0.15, 0.2) is 5.76 Å². The van der Waals surface area contributed by atoms with E-state index in [4.69, 9.17) is 4.52 Å². The average molecular weight is 210 g/mol. The number of rotatable bonds is 7. The topological polar surface area (TPSA) is 38.1 Å². The molecular formula is C12H22N2O. The van der Waals surface area contributed by atoms with Crippen LogP contribution in [-0.2, 0) is 13.0 Å². The third kappa shape index (κ3) is 4.04. The van der Waals surface area contributed by atoms with Gasteiger partial charge in [-0.25, -0.2) is 0 Å². The monoisotopic (exact) mass is 210 g/mol. The van der Waals surface area contributed by atoms with Crippen LogP contribution in [0.15, 0.2) is 10.6 Å². The van der Waals surface area contributed by atoms with Gasteiger partial charge in [-0.15, -0.1) is 0 Å². The molecule has 0 aromatic carbocycles. The highest BCUT2D eigenvalue weighted by atomic mass is 16.5. The second-order valence-corrected chi connectivity index (χ2v) is 3.91. The van der Waals surface area contributed by atoms with Gasteiger partial charge in [-0.2, -0.15) is 0 Å². The molecule has 0 spiro atoms. The molecule has 0 aliphatic rings. The fraction of sp³-hybridized carbons (Fsp3) is 0.750. The van der Waals surface area contributed by atoms with Crippen molar-refractivity contribution >= 4 is 0 Å². The lowest BCUT2D eigenvalue weighted by Crippen LogP contribution is -2.27. The molecule has 3 nitrogen and oxygen atoms in total. The highest BCUT2D eigenvalue weighted by Gasteiger charge is 2.06. The molecule has 0 fully saturated rings. The van der Waals surface area contributed by atoms with Gasteiger partial charge in [0.2, 0.25) is 0 Å². The van der Waals surface area contributed by atoms with Crippen molar-refractivity contribution in [3.05, 3.63) is 17.5 Å². The van der Waals surface area contributed by atoms with Gasteiger partial charge in [0, 0.05) is 12.1 Å². The summed E-state index contributed by atoms with van der Waals surface area (Å²) in [4.78, 5) is 0. The molecule has 0 saturated carbocycles. The van der Waals surface area contributed by atoms with Gasteiger partial charge >= 0.3 is 0 Å². The van der Waals surface area contributed by atoms with Gasteiger partial charge in [0.05, 0.1) is 12.2 Å². The molecule has 3 heteroatoms. The molecule has 0 radical (unpaired) electrons. The van der Waals surface area contributed by atoms with E-state index >= 15 is 0 Å². The smallest absolute Gasteiger partial charge is 0.150 e. The summed E-state index contributed by atoms with van der Waals surface area (Å²) < 4.78 is 5.22. The summed E-state index contributed by atoms with van der Waals surface area (Å²) in [6.07, 6.45) is 4.56. The largest absolute Gasteiger partial charge is 0.360 e. The second kappa shape index (κ2) is 6.62. The molecule has 1 aromatic heterocycles. The zero-order valence-corrected chi connectivity index (χ0v) is 10.0. The van der Waals surface area contributed by atoms with E-state index < -0.39 is 0 Å². The van der Waals surface area contributed by atoms with E-state index in [2.05, 4.69) is 31.2 Å². The molecule has 1 aromatic rings. The SMILES string of the molecule is CCCC(CC)NCc1cc(CC)no1. The zero-order chi connectivity index (χ0) is 11.1. The maximum Gasteiger partial charge on any atom is 0.150 e. The predicted molar refractivity (Wildman–Crippen MR) is 61.7 cm³/mol. The first kappa shape index (κ1) is 12.2. The highest BCUT2D eigenvalue weighted by molar-refractivity contribution is 5.04. The lowest BCUT2D eigenvalue weighted by Gasteiger charge is -2.14. The molecule has 86 valence electrons. The minimum absolute atomic E-state index is 0.602. The Morgan fingerprint density at radius 2 is 2.20 bits per heavy atom. The standard InChI is InChI=1S/C12H22N2O/c1-4-7-10(5-2)13-9-12-8-11(6-3)14-15-12/h8,10,13H,4-7,9H2,1-3H3. The van der Waals surface area contributed by atoms with E-state index in [9.17, 15) is 0 Å². The molecule has 1 unspecified atom stereocenters. The number of nitrogens with one attached hydrogen (secondary N) is 1. The fourth-order valence-electron chi connectivity index (χ4n) is 1.65. The van der Waals surface area contributed by atoms with E-state index in [0.717, 1.165) is 24.4 Å². The molecule has 1 atom stereocenters. The summed E-state index contributed by atoms with van der Waals surface area (Å²) in [5.74, 6) is 0.946. The first-order chi connectivity index (χ1) is 7.30. The quantitative estimate of drug-likeness (QED) is 0.752. The van der Waals surface area contributed by atoms with Crippen LogP contribution in [0.4, 0.5) is 0 Å². The van der Waals surface area contributed by atoms with Crippen LogP contribution in [0.2, 0.25) is 0 Å². The maximum absolute atomic E-state index is 5.22. The van der Waals surface area contributed by atoms with Crippen molar-refractivity contribution in [2.45, 2.75) is 59.0 Å². The number of aromatic nitrogens is 1. The number of hydrogen-bond acceptors (Lipinski definition) is 3. The summed E-state index contributed by atoms with van der Waals surface area (Å²) in [6.45, 7) is 7.31. The van der Waals surface area contributed by atoms with Crippen LogP contribution in [0.5, 0.6) is 0 Å². The van der Waals surface area contributed by atoms with Gasteiger partial charge in [-0.1, -0.05) is 32.3 Å². The van der Waals surface area contributed by atoms with Crippen LogP contribution in [-0.4, -0.2) is 11.2 Å². The molecule has 0 aliphatic carbocycles. The van der Waals surface area contributed by atoms with Crippen molar-refractivity contribution in [3.63, 3.8) is 0 Å². The number of aryl methyl sites for hydroxylation is 1. The van der Waals surface area contributed by atoms with Crippen LogP contribution in [0.25, 0.3) is 0 Å². The third-order valence-electron chi connectivity index (χ3n) is 2.66. The van der Waals surface area contributed by atoms with Gasteiger partial charge in [-0.3, -0.25) is 0 Å². The maximum atomic E-state index is 5.22. The summed E-state index contributed by atoms with van der Waals surface area (Å²) in [6, 6.07) is 2.64. The molecule has 0 saturated heterocycles. The van der Waals surface area contributed by atoms with Crippen molar-refractivity contribution < 1.29 is 4.52 Å². The van der Waals surface area contributed by atoms with Gasteiger partial charge in [0.1, 0.15) is 0 Å². The first-order valence-corrected chi connectivity index (χ1v) is 5.97. The lowest BCUT2D eigenvalue weighted by atomic mass is 10.1. The second-order valence-electron chi connectivity index (χ2n) is 3.91. The Kier molecular flexibility index (Phi) is 5.40. The molecule has 0 amide bonds. The van der Waals surface area contributed by atoms with Crippen LogP contribution >= 0.6 is 0 Å². The zero-order valence-electron chi connectivity index (χ0n) is 10.0. The normalized spacial score (nSPS) is 13.0. The molecular weight excluding hydrogens is 188 g/mol. The molecule has 1 N–H and O–H groups in total. The molecule has 1 rings (SSSR count). The Hall–Kier alpha value is -0.830. The van der Waals surface area contributed by atoms with Crippen molar-refractivity contribution in [1.82, 2.24) is 10.5 Å². The average Bonchev–Trinajstić information content (AvgIpc) is 2.72. The minimum atomic E-state index is 0.602.